The van der Waals surface area contributed by atoms with Crippen molar-refractivity contribution in [2.24, 2.45) is 0 Å². The van der Waals surface area contributed by atoms with E-state index in [1.165, 1.54) is 6.08 Å². The summed E-state index contributed by atoms with van der Waals surface area (Å²) in [7, 11) is 1.60. The lowest BCUT2D eigenvalue weighted by Crippen LogP contribution is -2.07. The molecule has 1 aromatic heterocycles. The number of carbonyl (C=O) groups excluding carboxylic acids is 1. The topological polar surface area (TPSA) is 51.2 Å². The fourth-order valence-corrected chi connectivity index (χ4v) is 2.06. The highest BCUT2D eigenvalue weighted by molar-refractivity contribution is 7.09. The standard InChI is InChI=1S/C14H14N2O2S/c1-10-15-12(9-19-10)5-8-14(17)16-11-3-6-13(18-2)7-4-11/h3-9H,1-2H3,(H,16,17)/b8-5+. The summed E-state index contributed by atoms with van der Waals surface area (Å²) < 4.78 is 5.05. The summed E-state index contributed by atoms with van der Waals surface area (Å²) in [5.74, 6) is 0.572. The van der Waals surface area contributed by atoms with Crippen LogP contribution in [0.25, 0.3) is 6.08 Å². The number of hydrogen-bond acceptors (Lipinski definition) is 4. The van der Waals surface area contributed by atoms with Crippen LogP contribution in [0.2, 0.25) is 0 Å². The van der Waals surface area contributed by atoms with E-state index < -0.39 is 0 Å². The number of ether oxygens (including phenoxy) is 1. The lowest BCUT2D eigenvalue weighted by Gasteiger charge is -2.03. The number of rotatable bonds is 4. The maximum absolute atomic E-state index is 11.7. The van der Waals surface area contributed by atoms with E-state index >= 15 is 0 Å². The van der Waals surface area contributed by atoms with E-state index in [4.69, 9.17) is 4.74 Å². The third-order valence-electron chi connectivity index (χ3n) is 2.40. The molecule has 19 heavy (non-hydrogen) atoms. The van der Waals surface area contributed by atoms with Gasteiger partial charge in [0.15, 0.2) is 0 Å². The van der Waals surface area contributed by atoms with Gasteiger partial charge in [0, 0.05) is 17.1 Å². The molecule has 0 saturated carbocycles. The Hall–Kier alpha value is -2.14. The molecule has 4 nitrogen and oxygen atoms in total. The third kappa shape index (κ3) is 3.93. The molecule has 1 N–H and O–H groups in total. The molecule has 0 radical (unpaired) electrons. The molecule has 5 heteroatoms. The van der Waals surface area contributed by atoms with Gasteiger partial charge in [-0.1, -0.05) is 0 Å². The number of benzene rings is 1. The summed E-state index contributed by atoms with van der Waals surface area (Å²) in [5.41, 5.74) is 1.53. The molecule has 0 fully saturated rings. The maximum Gasteiger partial charge on any atom is 0.248 e. The van der Waals surface area contributed by atoms with E-state index in [0.717, 1.165) is 22.1 Å². The Kier molecular flexibility index (Phi) is 4.30. The first-order valence-electron chi connectivity index (χ1n) is 5.72. The van der Waals surface area contributed by atoms with Crippen molar-refractivity contribution in [1.82, 2.24) is 4.98 Å². The number of nitrogens with one attached hydrogen (secondary N) is 1. The van der Waals surface area contributed by atoms with Crippen molar-refractivity contribution in [3.8, 4) is 5.75 Å². The highest BCUT2D eigenvalue weighted by Crippen LogP contribution is 2.15. The van der Waals surface area contributed by atoms with Crippen LogP contribution in [0.1, 0.15) is 10.7 Å². The Morgan fingerprint density at radius 3 is 2.68 bits per heavy atom. The Morgan fingerprint density at radius 2 is 2.11 bits per heavy atom. The molecule has 0 spiro atoms. The Balaban J connectivity index is 1.95. The molecule has 0 bridgehead atoms. The van der Waals surface area contributed by atoms with Gasteiger partial charge in [-0.05, 0) is 37.3 Å². The number of nitrogens with zero attached hydrogens (tertiary/aromatic N) is 1. The van der Waals surface area contributed by atoms with Gasteiger partial charge in [0.25, 0.3) is 0 Å². The zero-order valence-electron chi connectivity index (χ0n) is 10.7. The van der Waals surface area contributed by atoms with Gasteiger partial charge in [0.2, 0.25) is 5.91 Å². The van der Waals surface area contributed by atoms with Gasteiger partial charge >= 0.3 is 0 Å². The number of hydrogen-bond donors (Lipinski definition) is 1. The van der Waals surface area contributed by atoms with Gasteiger partial charge in [-0.25, -0.2) is 4.98 Å². The highest BCUT2D eigenvalue weighted by Gasteiger charge is 1.99. The van der Waals surface area contributed by atoms with Crippen molar-refractivity contribution in [1.29, 1.82) is 0 Å². The highest BCUT2D eigenvalue weighted by atomic mass is 32.1. The number of amides is 1. The molecule has 0 saturated heterocycles. The summed E-state index contributed by atoms with van der Waals surface area (Å²) in [6.07, 6.45) is 3.17. The second-order valence-electron chi connectivity index (χ2n) is 3.84. The average Bonchev–Trinajstić information content (AvgIpc) is 2.83. The normalized spacial score (nSPS) is 10.6. The van der Waals surface area contributed by atoms with Gasteiger partial charge in [0.1, 0.15) is 5.75 Å². The number of aromatic nitrogens is 1. The summed E-state index contributed by atoms with van der Waals surface area (Å²) in [5, 5.41) is 5.66. The fraction of sp³-hybridized carbons (Fsp3) is 0.143. The first kappa shape index (κ1) is 13.3. The molecule has 0 aliphatic carbocycles. The van der Waals surface area contributed by atoms with Crippen LogP contribution in [-0.2, 0) is 4.79 Å². The van der Waals surface area contributed by atoms with Crippen LogP contribution in [0.3, 0.4) is 0 Å². The summed E-state index contributed by atoms with van der Waals surface area (Å²) >= 11 is 1.56. The lowest BCUT2D eigenvalue weighted by atomic mass is 10.3. The van der Waals surface area contributed by atoms with Gasteiger partial charge in [-0.15, -0.1) is 11.3 Å². The smallest absolute Gasteiger partial charge is 0.248 e. The van der Waals surface area contributed by atoms with E-state index in [-0.39, 0.29) is 5.91 Å². The van der Waals surface area contributed by atoms with Crippen LogP contribution in [0, 0.1) is 6.92 Å². The molecule has 1 aromatic carbocycles. The number of carbonyl (C=O) groups is 1. The van der Waals surface area contributed by atoms with Crippen LogP contribution in [0.5, 0.6) is 5.75 Å². The molecular formula is C14H14N2O2S. The molecule has 1 heterocycles. The SMILES string of the molecule is COc1ccc(NC(=O)/C=C/c2csc(C)n2)cc1. The van der Waals surface area contributed by atoms with Crippen molar-refractivity contribution < 1.29 is 9.53 Å². The predicted molar refractivity (Wildman–Crippen MR) is 77.5 cm³/mol. The van der Waals surface area contributed by atoms with E-state index in [1.807, 2.05) is 12.3 Å². The van der Waals surface area contributed by atoms with Crippen LogP contribution >= 0.6 is 11.3 Å². The number of thiazole rings is 1. The second-order valence-corrected chi connectivity index (χ2v) is 4.90. The molecule has 0 aliphatic heterocycles. The first-order valence-corrected chi connectivity index (χ1v) is 6.60. The molecule has 2 rings (SSSR count). The van der Waals surface area contributed by atoms with Crippen molar-refractivity contribution in [2.75, 3.05) is 12.4 Å². The van der Waals surface area contributed by atoms with Gasteiger partial charge in [-0.2, -0.15) is 0 Å². The van der Waals surface area contributed by atoms with Crippen molar-refractivity contribution in [2.45, 2.75) is 6.92 Å². The van der Waals surface area contributed by atoms with Crippen LogP contribution in [0.4, 0.5) is 5.69 Å². The molecule has 1 amide bonds. The van der Waals surface area contributed by atoms with E-state index in [1.54, 1.807) is 48.8 Å². The minimum atomic E-state index is -0.184. The summed E-state index contributed by atoms with van der Waals surface area (Å²) in [6, 6.07) is 7.17. The zero-order valence-corrected chi connectivity index (χ0v) is 11.5. The van der Waals surface area contributed by atoms with Crippen LogP contribution in [-0.4, -0.2) is 18.0 Å². The van der Waals surface area contributed by atoms with Gasteiger partial charge in [-0.3, -0.25) is 4.79 Å². The quantitative estimate of drug-likeness (QED) is 0.871. The predicted octanol–water partition coefficient (Wildman–Crippen LogP) is 3.11. The Bertz CT molecular complexity index is 588. The largest absolute Gasteiger partial charge is 0.497 e. The van der Waals surface area contributed by atoms with Crippen LogP contribution in [0.15, 0.2) is 35.7 Å². The van der Waals surface area contributed by atoms with Crippen LogP contribution < -0.4 is 10.1 Å². The maximum atomic E-state index is 11.7. The average molecular weight is 274 g/mol. The molecule has 0 unspecified atom stereocenters. The van der Waals surface area contributed by atoms with Crippen molar-refractivity contribution >= 4 is 29.0 Å². The number of methoxy groups -OCH3 is 1. The molecule has 0 atom stereocenters. The lowest BCUT2D eigenvalue weighted by molar-refractivity contribution is -0.111. The summed E-state index contributed by atoms with van der Waals surface area (Å²) in [6.45, 7) is 1.93. The summed E-state index contributed by atoms with van der Waals surface area (Å²) in [4.78, 5) is 15.9. The molecule has 98 valence electrons. The van der Waals surface area contributed by atoms with E-state index in [2.05, 4.69) is 10.3 Å². The Morgan fingerprint density at radius 1 is 1.37 bits per heavy atom. The molecular weight excluding hydrogens is 260 g/mol. The minimum absolute atomic E-state index is 0.184. The Labute approximate surface area is 115 Å². The van der Waals surface area contributed by atoms with Gasteiger partial charge in [0.05, 0.1) is 17.8 Å². The zero-order chi connectivity index (χ0) is 13.7. The van der Waals surface area contributed by atoms with Crippen molar-refractivity contribution in [3.63, 3.8) is 0 Å². The minimum Gasteiger partial charge on any atom is -0.497 e. The third-order valence-corrected chi connectivity index (χ3v) is 3.19. The fourth-order valence-electron chi connectivity index (χ4n) is 1.48. The van der Waals surface area contributed by atoms with E-state index in [0.29, 0.717) is 0 Å². The van der Waals surface area contributed by atoms with Gasteiger partial charge < -0.3 is 10.1 Å². The second kappa shape index (κ2) is 6.15. The monoisotopic (exact) mass is 274 g/mol. The molecule has 0 aliphatic rings. The number of anilines is 1. The number of aryl methyl sites for hydroxylation is 1. The van der Waals surface area contributed by atoms with Crippen molar-refractivity contribution in [3.05, 3.63) is 46.4 Å². The van der Waals surface area contributed by atoms with E-state index in [9.17, 15) is 4.79 Å². The first-order chi connectivity index (χ1) is 9.17. The molecule has 2 aromatic rings.